The molecule has 0 aliphatic heterocycles. The van der Waals surface area contributed by atoms with E-state index >= 15 is 0 Å². The van der Waals surface area contributed by atoms with E-state index < -0.39 is 22.7 Å². The number of alkyl halides is 3. The van der Waals surface area contributed by atoms with E-state index in [1.165, 1.54) is 6.07 Å². The standard InChI is InChI=1S/C14H11Cl2F3N2O2/c1-7-9(13(16)23-21-7)3-5-12(22)20-8-2-4-11(15)10(6-8)14(17,18)19/h2,4,6H,3,5H2,1H3,(H,20,22). The maximum atomic E-state index is 12.8. The molecule has 0 bridgehead atoms. The van der Waals surface area contributed by atoms with E-state index in [0.29, 0.717) is 11.3 Å². The van der Waals surface area contributed by atoms with Gasteiger partial charge in [0.15, 0.2) is 0 Å². The zero-order valence-corrected chi connectivity index (χ0v) is 13.3. The predicted octanol–water partition coefficient (Wildman–Crippen LogP) is 4.88. The van der Waals surface area contributed by atoms with Crippen LogP contribution in [0.4, 0.5) is 18.9 Å². The summed E-state index contributed by atoms with van der Waals surface area (Å²) in [6, 6.07) is 3.17. The van der Waals surface area contributed by atoms with E-state index in [-0.39, 0.29) is 23.7 Å². The minimum absolute atomic E-state index is 0.0138. The molecule has 124 valence electrons. The van der Waals surface area contributed by atoms with Gasteiger partial charge in [0.25, 0.3) is 0 Å². The van der Waals surface area contributed by atoms with E-state index in [0.717, 1.165) is 12.1 Å². The number of hydrogen-bond acceptors (Lipinski definition) is 3. The summed E-state index contributed by atoms with van der Waals surface area (Å²) in [5.74, 6) is -0.461. The molecular formula is C14H11Cl2F3N2O2. The number of anilines is 1. The Hall–Kier alpha value is -1.73. The van der Waals surface area contributed by atoms with Gasteiger partial charge >= 0.3 is 6.18 Å². The van der Waals surface area contributed by atoms with E-state index in [1.807, 2.05) is 0 Å². The molecule has 2 aromatic rings. The van der Waals surface area contributed by atoms with Gasteiger partial charge in [-0.15, -0.1) is 0 Å². The molecule has 4 nitrogen and oxygen atoms in total. The van der Waals surface area contributed by atoms with Crippen molar-refractivity contribution in [2.24, 2.45) is 0 Å². The molecule has 0 fully saturated rings. The van der Waals surface area contributed by atoms with Gasteiger partial charge < -0.3 is 9.84 Å². The molecule has 0 aliphatic carbocycles. The number of halogens is 5. The third kappa shape index (κ3) is 4.39. The van der Waals surface area contributed by atoms with Crippen molar-refractivity contribution in [2.75, 3.05) is 5.32 Å². The highest BCUT2D eigenvalue weighted by molar-refractivity contribution is 6.31. The van der Waals surface area contributed by atoms with Crippen molar-refractivity contribution >= 4 is 34.8 Å². The molecule has 0 saturated heterocycles. The fourth-order valence-electron chi connectivity index (χ4n) is 1.92. The highest BCUT2D eigenvalue weighted by Gasteiger charge is 2.33. The predicted molar refractivity (Wildman–Crippen MR) is 79.7 cm³/mol. The summed E-state index contributed by atoms with van der Waals surface area (Å²) in [4.78, 5) is 11.9. The molecule has 1 N–H and O–H groups in total. The van der Waals surface area contributed by atoms with E-state index in [2.05, 4.69) is 10.5 Å². The Kier molecular flexibility index (Phi) is 5.21. The third-order valence-corrected chi connectivity index (χ3v) is 3.72. The maximum Gasteiger partial charge on any atom is 0.417 e. The number of nitrogens with one attached hydrogen (secondary N) is 1. The number of benzene rings is 1. The Morgan fingerprint density at radius 1 is 1.35 bits per heavy atom. The number of amides is 1. The topological polar surface area (TPSA) is 55.1 Å². The van der Waals surface area contributed by atoms with Crippen molar-refractivity contribution in [3.63, 3.8) is 0 Å². The van der Waals surface area contributed by atoms with Crippen LogP contribution < -0.4 is 5.32 Å². The number of hydrogen-bond donors (Lipinski definition) is 1. The first kappa shape index (κ1) is 17.6. The van der Waals surface area contributed by atoms with Crippen LogP contribution in [-0.4, -0.2) is 11.1 Å². The number of carbonyl (C=O) groups excluding carboxylic acids is 1. The number of carbonyl (C=O) groups is 1. The first-order valence-electron chi connectivity index (χ1n) is 6.45. The lowest BCUT2D eigenvalue weighted by Gasteiger charge is -2.11. The first-order chi connectivity index (χ1) is 10.7. The summed E-state index contributed by atoms with van der Waals surface area (Å²) in [7, 11) is 0. The molecule has 1 aromatic carbocycles. The van der Waals surface area contributed by atoms with E-state index in [1.54, 1.807) is 6.92 Å². The van der Waals surface area contributed by atoms with E-state index in [4.69, 9.17) is 27.7 Å². The molecule has 0 spiro atoms. The van der Waals surface area contributed by atoms with Crippen molar-refractivity contribution < 1.29 is 22.5 Å². The van der Waals surface area contributed by atoms with Crippen LogP contribution in [0.3, 0.4) is 0 Å². The van der Waals surface area contributed by atoms with Gasteiger partial charge in [-0.1, -0.05) is 16.8 Å². The average molecular weight is 367 g/mol. The minimum atomic E-state index is -4.59. The van der Waals surface area contributed by atoms with Crippen molar-refractivity contribution in [1.82, 2.24) is 5.16 Å². The number of nitrogens with zero attached hydrogens (tertiary/aromatic N) is 1. The largest absolute Gasteiger partial charge is 0.417 e. The van der Waals surface area contributed by atoms with Gasteiger partial charge in [0.05, 0.1) is 16.3 Å². The molecule has 0 radical (unpaired) electrons. The molecule has 0 atom stereocenters. The Morgan fingerprint density at radius 3 is 2.61 bits per heavy atom. The fraction of sp³-hybridized carbons (Fsp3) is 0.286. The molecule has 1 heterocycles. The SMILES string of the molecule is Cc1noc(Cl)c1CCC(=O)Nc1ccc(Cl)c(C(F)(F)F)c1. The van der Waals surface area contributed by atoms with Crippen LogP contribution in [0.5, 0.6) is 0 Å². The van der Waals surface area contributed by atoms with Crippen LogP contribution in [0, 0.1) is 6.92 Å². The molecule has 0 aliphatic rings. The van der Waals surface area contributed by atoms with Crippen molar-refractivity contribution in [1.29, 1.82) is 0 Å². The molecular weight excluding hydrogens is 356 g/mol. The smallest absolute Gasteiger partial charge is 0.344 e. The van der Waals surface area contributed by atoms with Crippen LogP contribution in [0.1, 0.15) is 23.2 Å². The minimum Gasteiger partial charge on any atom is -0.344 e. The number of aromatic nitrogens is 1. The lowest BCUT2D eigenvalue weighted by molar-refractivity contribution is -0.137. The highest BCUT2D eigenvalue weighted by atomic mass is 35.5. The second kappa shape index (κ2) is 6.80. The molecule has 2 rings (SSSR count). The van der Waals surface area contributed by atoms with Crippen LogP contribution >= 0.6 is 23.2 Å². The summed E-state index contributed by atoms with van der Waals surface area (Å²) < 4.78 is 43.0. The second-order valence-corrected chi connectivity index (χ2v) is 5.51. The Morgan fingerprint density at radius 2 is 2.04 bits per heavy atom. The quantitative estimate of drug-likeness (QED) is 0.838. The number of rotatable bonds is 4. The summed E-state index contributed by atoms with van der Waals surface area (Å²) in [5.41, 5.74) is 0.164. The molecule has 23 heavy (non-hydrogen) atoms. The molecule has 1 amide bonds. The van der Waals surface area contributed by atoms with Gasteiger partial charge in [-0.2, -0.15) is 13.2 Å². The molecule has 0 unspecified atom stereocenters. The molecule has 9 heteroatoms. The summed E-state index contributed by atoms with van der Waals surface area (Å²) >= 11 is 11.3. The van der Waals surface area contributed by atoms with Crippen molar-refractivity contribution in [3.8, 4) is 0 Å². The Balaban J connectivity index is 2.03. The normalized spacial score (nSPS) is 11.6. The zero-order valence-electron chi connectivity index (χ0n) is 11.8. The van der Waals surface area contributed by atoms with Crippen molar-refractivity contribution in [2.45, 2.75) is 25.9 Å². The zero-order chi connectivity index (χ0) is 17.2. The van der Waals surface area contributed by atoms with Gasteiger partial charge in [0.2, 0.25) is 11.1 Å². The second-order valence-electron chi connectivity index (χ2n) is 4.76. The van der Waals surface area contributed by atoms with Gasteiger partial charge in [-0.3, -0.25) is 4.79 Å². The monoisotopic (exact) mass is 366 g/mol. The van der Waals surface area contributed by atoms with Crippen LogP contribution in [0.2, 0.25) is 10.2 Å². The Bertz CT molecular complexity index is 710. The summed E-state index contributed by atoms with van der Waals surface area (Å²) in [6.45, 7) is 1.68. The van der Waals surface area contributed by atoms with Gasteiger partial charge in [0, 0.05) is 17.7 Å². The van der Waals surface area contributed by atoms with Crippen LogP contribution in [0.25, 0.3) is 0 Å². The van der Waals surface area contributed by atoms with Gasteiger partial charge in [0.1, 0.15) is 0 Å². The summed E-state index contributed by atoms with van der Waals surface area (Å²) in [6.07, 6.45) is -4.31. The third-order valence-electron chi connectivity index (χ3n) is 3.09. The van der Waals surface area contributed by atoms with Gasteiger partial charge in [-0.25, -0.2) is 0 Å². The van der Waals surface area contributed by atoms with Gasteiger partial charge in [-0.05, 0) is 43.1 Å². The van der Waals surface area contributed by atoms with Crippen LogP contribution in [0.15, 0.2) is 22.7 Å². The lowest BCUT2D eigenvalue weighted by atomic mass is 10.1. The highest BCUT2D eigenvalue weighted by Crippen LogP contribution is 2.36. The molecule has 1 aromatic heterocycles. The van der Waals surface area contributed by atoms with E-state index in [9.17, 15) is 18.0 Å². The number of aryl methyl sites for hydroxylation is 1. The fourth-order valence-corrected chi connectivity index (χ4v) is 2.41. The first-order valence-corrected chi connectivity index (χ1v) is 7.21. The van der Waals surface area contributed by atoms with Crippen LogP contribution in [-0.2, 0) is 17.4 Å². The average Bonchev–Trinajstić information content (AvgIpc) is 2.77. The summed E-state index contributed by atoms with van der Waals surface area (Å²) in [5, 5.41) is 5.71. The van der Waals surface area contributed by atoms with Crippen molar-refractivity contribution in [3.05, 3.63) is 45.3 Å². The molecule has 0 saturated carbocycles. The Labute approximate surface area is 139 Å². The maximum absolute atomic E-state index is 12.8. The lowest BCUT2D eigenvalue weighted by Crippen LogP contribution is -2.14.